The minimum Gasteiger partial charge on any atom is -0.355 e. The van der Waals surface area contributed by atoms with Crippen LogP contribution in [0.3, 0.4) is 0 Å². The van der Waals surface area contributed by atoms with Gasteiger partial charge in [-0.2, -0.15) is 0 Å². The highest BCUT2D eigenvalue weighted by Gasteiger charge is 2.16. The molecule has 0 atom stereocenters. The number of benzene rings is 9. The summed E-state index contributed by atoms with van der Waals surface area (Å²) in [6.07, 6.45) is 0. The van der Waals surface area contributed by atoms with E-state index in [1.54, 1.807) is 0 Å². The van der Waals surface area contributed by atoms with Crippen molar-refractivity contribution in [2.24, 2.45) is 0 Å². The maximum Gasteiger partial charge on any atom is 0.0547 e. The molecule has 0 aliphatic rings. The largest absolute Gasteiger partial charge is 0.355 e. The van der Waals surface area contributed by atoms with Crippen LogP contribution < -0.4 is 5.32 Å². The highest BCUT2D eigenvalue weighted by molar-refractivity contribution is 6.10. The smallest absolute Gasteiger partial charge is 0.0547 e. The summed E-state index contributed by atoms with van der Waals surface area (Å²) in [5, 5.41) is 6.39. The highest BCUT2D eigenvalue weighted by atomic mass is 15.0. The van der Waals surface area contributed by atoms with Crippen LogP contribution in [0.2, 0.25) is 0 Å². The van der Waals surface area contributed by atoms with Gasteiger partial charge in [-0.15, -0.1) is 0 Å². The maximum atomic E-state index is 3.91. The van der Waals surface area contributed by atoms with E-state index in [9.17, 15) is 0 Å². The summed E-state index contributed by atoms with van der Waals surface area (Å²) < 4.78 is 2.40. The number of nitrogens with zero attached hydrogens (tertiary/aromatic N) is 1. The van der Waals surface area contributed by atoms with Crippen molar-refractivity contribution >= 4 is 33.2 Å². The summed E-state index contributed by atoms with van der Waals surface area (Å²) in [6, 6.07) is 80.7. The molecule has 9 aromatic carbocycles. The number of para-hydroxylation sites is 1. The van der Waals surface area contributed by atoms with Crippen LogP contribution in [0.4, 0.5) is 11.4 Å². The molecule has 0 saturated heterocycles. The van der Waals surface area contributed by atoms with E-state index in [0.29, 0.717) is 0 Å². The SMILES string of the molecule is c1ccc(-c2ccc(-n3c4ccccc4c4ccc(-c5ccc(-c6ccccc6)c(Nc6cc(-c7ccccc7)cc(-c7ccccc7)c6)c5)cc43)cc2)cc1. The predicted molar refractivity (Wildman–Crippen MR) is 238 cm³/mol. The molecule has 0 aliphatic heterocycles. The number of rotatable bonds is 8. The number of nitrogens with one attached hydrogen (secondary N) is 1. The number of aromatic nitrogens is 1. The Morgan fingerprint density at radius 1 is 0.286 bits per heavy atom. The molecule has 0 amide bonds. The third kappa shape index (κ3) is 6.34. The molecule has 10 rings (SSSR count). The summed E-state index contributed by atoms with van der Waals surface area (Å²) in [5.74, 6) is 0. The molecule has 1 N–H and O–H groups in total. The maximum absolute atomic E-state index is 3.91. The monoisotopic (exact) mass is 714 g/mol. The zero-order chi connectivity index (χ0) is 37.3. The molecule has 1 heterocycles. The molecule has 264 valence electrons. The predicted octanol–water partition coefficient (Wildman–Crippen LogP) is 14.9. The van der Waals surface area contributed by atoms with Gasteiger partial charge in [-0.05, 0) is 98.6 Å². The van der Waals surface area contributed by atoms with Crippen LogP contribution in [0, 0.1) is 0 Å². The second kappa shape index (κ2) is 14.4. The van der Waals surface area contributed by atoms with Gasteiger partial charge >= 0.3 is 0 Å². The minimum atomic E-state index is 1.04. The molecule has 0 saturated carbocycles. The Morgan fingerprint density at radius 3 is 1.38 bits per heavy atom. The molecule has 10 aromatic rings. The molecular formula is C54H38N2. The number of hydrogen-bond acceptors (Lipinski definition) is 1. The van der Waals surface area contributed by atoms with Crippen LogP contribution in [0.15, 0.2) is 224 Å². The summed E-state index contributed by atoms with van der Waals surface area (Å²) in [7, 11) is 0. The molecule has 1 aromatic heterocycles. The lowest BCUT2D eigenvalue weighted by atomic mass is 9.96. The number of anilines is 2. The first-order chi connectivity index (χ1) is 27.7. The molecule has 0 spiro atoms. The van der Waals surface area contributed by atoms with Crippen molar-refractivity contribution in [2.75, 3.05) is 5.32 Å². The van der Waals surface area contributed by atoms with E-state index in [2.05, 4.69) is 234 Å². The van der Waals surface area contributed by atoms with Crippen LogP contribution in [-0.4, -0.2) is 4.57 Å². The standard InChI is InChI=1S/C54H38N2/c1-5-15-38(16-6-1)41-25-29-48(30-26-41)56-53-24-14-13-23-50(53)51-32-28-44(37-54(51)56)43-27-31-49(42-21-11-4-12-22-42)52(36-43)55-47-34-45(39-17-7-2-8-18-39)33-46(35-47)40-19-9-3-10-20-40/h1-37,55H. The van der Waals surface area contributed by atoms with Crippen LogP contribution in [0.1, 0.15) is 0 Å². The lowest BCUT2D eigenvalue weighted by molar-refractivity contribution is 1.18. The third-order valence-corrected chi connectivity index (χ3v) is 10.8. The summed E-state index contributed by atoms with van der Waals surface area (Å²) in [5.41, 5.74) is 17.4. The van der Waals surface area contributed by atoms with Crippen molar-refractivity contribution < 1.29 is 0 Å². The fourth-order valence-electron chi connectivity index (χ4n) is 8.01. The number of hydrogen-bond donors (Lipinski definition) is 1. The van der Waals surface area contributed by atoms with Gasteiger partial charge in [-0.25, -0.2) is 0 Å². The first-order valence-corrected chi connectivity index (χ1v) is 19.2. The Bertz CT molecular complexity index is 2890. The van der Waals surface area contributed by atoms with Gasteiger partial charge in [0.2, 0.25) is 0 Å². The zero-order valence-corrected chi connectivity index (χ0v) is 30.8. The highest BCUT2D eigenvalue weighted by Crippen LogP contribution is 2.40. The fraction of sp³-hybridized carbons (Fsp3) is 0. The molecule has 0 aliphatic carbocycles. The van der Waals surface area contributed by atoms with E-state index < -0.39 is 0 Å². The van der Waals surface area contributed by atoms with Crippen molar-refractivity contribution in [2.45, 2.75) is 0 Å². The van der Waals surface area contributed by atoms with E-state index in [0.717, 1.165) is 33.8 Å². The lowest BCUT2D eigenvalue weighted by Gasteiger charge is -2.17. The van der Waals surface area contributed by atoms with Gasteiger partial charge in [0.05, 0.1) is 11.0 Å². The summed E-state index contributed by atoms with van der Waals surface area (Å²) in [4.78, 5) is 0. The van der Waals surface area contributed by atoms with Crippen molar-refractivity contribution in [3.63, 3.8) is 0 Å². The first-order valence-electron chi connectivity index (χ1n) is 19.2. The fourth-order valence-corrected chi connectivity index (χ4v) is 8.01. The molecule has 56 heavy (non-hydrogen) atoms. The Kier molecular flexibility index (Phi) is 8.55. The van der Waals surface area contributed by atoms with Crippen molar-refractivity contribution in [1.82, 2.24) is 4.57 Å². The van der Waals surface area contributed by atoms with Crippen LogP contribution >= 0.6 is 0 Å². The summed E-state index contributed by atoms with van der Waals surface area (Å²) >= 11 is 0. The normalized spacial score (nSPS) is 11.2. The van der Waals surface area contributed by atoms with Crippen molar-refractivity contribution in [3.05, 3.63) is 224 Å². The Morgan fingerprint density at radius 2 is 0.750 bits per heavy atom. The third-order valence-electron chi connectivity index (χ3n) is 10.8. The van der Waals surface area contributed by atoms with Crippen molar-refractivity contribution in [3.8, 4) is 61.3 Å². The van der Waals surface area contributed by atoms with E-state index in [1.807, 2.05) is 0 Å². The van der Waals surface area contributed by atoms with Gasteiger partial charge in [0.15, 0.2) is 0 Å². The topological polar surface area (TPSA) is 17.0 Å². The molecule has 2 heteroatoms. The second-order valence-electron chi connectivity index (χ2n) is 14.3. The average molecular weight is 715 g/mol. The Balaban J connectivity index is 1.10. The van der Waals surface area contributed by atoms with Gasteiger partial charge in [-0.3, -0.25) is 0 Å². The van der Waals surface area contributed by atoms with E-state index in [4.69, 9.17) is 0 Å². The van der Waals surface area contributed by atoms with Crippen LogP contribution in [0.25, 0.3) is 83.1 Å². The van der Waals surface area contributed by atoms with Crippen LogP contribution in [-0.2, 0) is 0 Å². The molecule has 0 bridgehead atoms. The van der Waals surface area contributed by atoms with E-state index >= 15 is 0 Å². The molecule has 0 fully saturated rings. The average Bonchev–Trinajstić information content (AvgIpc) is 3.61. The van der Waals surface area contributed by atoms with E-state index in [-0.39, 0.29) is 0 Å². The number of fused-ring (bicyclic) bond motifs is 3. The summed E-state index contributed by atoms with van der Waals surface area (Å²) in [6.45, 7) is 0. The van der Waals surface area contributed by atoms with Crippen molar-refractivity contribution in [1.29, 1.82) is 0 Å². The second-order valence-corrected chi connectivity index (χ2v) is 14.3. The Labute approximate surface area is 327 Å². The molecular weight excluding hydrogens is 677 g/mol. The van der Waals surface area contributed by atoms with Gasteiger partial charge < -0.3 is 9.88 Å². The van der Waals surface area contributed by atoms with Crippen LogP contribution in [0.5, 0.6) is 0 Å². The zero-order valence-electron chi connectivity index (χ0n) is 30.8. The molecule has 2 nitrogen and oxygen atoms in total. The molecule has 0 unspecified atom stereocenters. The van der Waals surface area contributed by atoms with E-state index in [1.165, 1.54) is 60.8 Å². The van der Waals surface area contributed by atoms with Gasteiger partial charge in [-0.1, -0.05) is 176 Å². The van der Waals surface area contributed by atoms with Gasteiger partial charge in [0, 0.05) is 33.4 Å². The lowest BCUT2D eigenvalue weighted by Crippen LogP contribution is -1.96. The van der Waals surface area contributed by atoms with Gasteiger partial charge in [0.1, 0.15) is 0 Å². The van der Waals surface area contributed by atoms with Gasteiger partial charge in [0.25, 0.3) is 0 Å². The Hall–Kier alpha value is -7.42. The molecule has 0 radical (unpaired) electrons. The quantitative estimate of drug-likeness (QED) is 0.166. The minimum absolute atomic E-state index is 1.04. The first kappa shape index (κ1) is 33.2.